The van der Waals surface area contributed by atoms with E-state index in [1.807, 2.05) is 12.1 Å². The maximum absolute atomic E-state index is 13.4. The van der Waals surface area contributed by atoms with Crippen molar-refractivity contribution in [2.24, 2.45) is 11.8 Å². The lowest BCUT2D eigenvalue weighted by Gasteiger charge is -2.34. The molecule has 0 bridgehead atoms. The maximum atomic E-state index is 13.4. The third-order valence-electron chi connectivity index (χ3n) is 5.38. The number of piperidine rings is 1. The molecule has 0 spiro atoms. The van der Waals surface area contributed by atoms with Crippen LogP contribution in [0.25, 0.3) is 0 Å². The van der Waals surface area contributed by atoms with Gasteiger partial charge in [0, 0.05) is 44.6 Å². The molecule has 162 valence electrons. The number of pyridine rings is 1. The van der Waals surface area contributed by atoms with Crippen LogP contribution in [0.4, 0.5) is 0 Å². The van der Waals surface area contributed by atoms with Crippen LogP contribution in [0.2, 0.25) is 0 Å². The molecule has 1 aliphatic rings. The molecule has 0 saturated carbocycles. The smallest absolute Gasteiger partial charge is 0.253 e. The average molecular weight is 432 g/mol. The summed E-state index contributed by atoms with van der Waals surface area (Å²) >= 11 is 0. The molecule has 3 rings (SSSR count). The second kappa shape index (κ2) is 9.14. The van der Waals surface area contributed by atoms with Crippen molar-refractivity contribution in [3.8, 4) is 5.75 Å². The molecule has 1 saturated heterocycles. The summed E-state index contributed by atoms with van der Waals surface area (Å²) in [5.41, 5.74) is 1.25. The first-order chi connectivity index (χ1) is 14.2. The van der Waals surface area contributed by atoms with Gasteiger partial charge >= 0.3 is 0 Å². The Kier molecular flexibility index (Phi) is 6.77. The molecule has 2 unspecified atom stereocenters. The minimum atomic E-state index is -3.78. The molecule has 7 nitrogen and oxygen atoms in total. The molecule has 1 fully saturated rings. The summed E-state index contributed by atoms with van der Waals surface area (Å²) in [5, 5.41) is 0. The van der Waals surface area contributed by atoms with Gasteiger partial charge in [-0.2, -0.15) is 4.31 Å². The van der Waals surface area contributed by atoms with E-state index in [0.717, 1.165) is 12.0 Å². The number of aromatic nitrogens is 1. The first-order valence-electron chi connectivity index (χ1n) is 10.0. The summed E-state index contributed by atoms with van der Waals surface area (Å²) in [7, 11) is -0.655. The van der Waals surface area contributed by atoms with E-state index in [2.05, 4.69) is 18.8 Å². The number of nitrogens with zero attached hydrogens (tertiary/aromatic N) is 3. The number of carbonyl (C=O) groups excluding carboxylic acids is 1. The summed E-state index contributed by atoms with van der Waals surface area (Å²) in [6.07, 6.45) is 4.35. The highest BCUT2D eigenvalue weighted by Crippen LogP contribution is 2.32. The van der Waals surface area contributed by atoms with Crippen molar-refractivity contribution in [2.45, 2.75) is 31.7 Å². The summed E-state index contributed by atoms with van der Waals surface area (Å²) in [4.78, 5) is 18.5. The Morgan fingerprint density at radius 1 is 1.17 bits per heavy atom. The zero-order valence-corrected chi connectivity index (χ0v) is 18.7. The third kappa shape index (κ3) is 4.82. The van der Waals surface area contributed by atoms with E-state index in [-0.39, 0.29) is 28.4 Å². The molecule has 30 heavy (non-hydrogen) atoms. The van der Waals surface area contributed by atoms with Crippen LogP contribution in [0.15, 0.2) is 47.6 Å². The highest BCUT2D eigenvalue weighted by molar-refractivity contribution is 7.89. The summed E-state index contributed by atoms with van der Waals surface area (Å²) in [6, 6.07) is 8.27. The Labute approximate surface area is 178 Å². The van der Waals surface area contributed by atoms with Crippen molar-refractivity contribution < 1.29 is 17.9 Å². The zero-order chi connectivity index (χ0) is 21.9. The average Bonchev–Trinajstić information content (AvgIpc) is 2.72. The van der Waals surface area contributed by atoms with E-state index in [1.165, 1.54) is 17.5 Å². The lowest BCUT2D eigenvalue weighted by molar-refractivity contribution is 0.0784. The molecule has 2 aromatic rings. The van der Waals surface area contributed by atoms with Gasteiger partial charge < -0.3 is 9.64 Å². The summed E-state index contributed by atoms with van der Waals surface area (Å²) < 4.78 is 33.7. The van der Waals surface area contributed by atoms with Gasteiger partial charge in [-0.3, -0.25) is 9.78 Å². The van der Waals surface area contributed by atoms with Crippen LogP contribution in [0.5, 0.6) is 5.75 Å². The first-order valence-corrected chi connectivity index (χ1v) is 11.5. The van der Waals surface area contributed by atoms with Crippen LogP contribution in [-0.4, -0.2) is 55.8 Å². The molecular weight excluding hydrogens is 402 g/mol. The standard InChI is InChI=1S/C22H29N3O4S/c1-16-11-17(2)14-25(13-16)30(27,28)21-12-19(5-6-20(21)29-4)22(26)24(3)15-18-7-9-23-10-8-18/h5-10,12,16-17H,11,13-15H2,1-4H3. The zero-order valence-electron chi connectivity index (χ0n) is 17.9. The van der Waals surface area contributed by atoms with Gasteiger partial charge in [-0.25, -0.2) is 8.42 Å². The molecule has 1 aromatic carbocycles. The van der Waals surface area contributed by atoms with Crippen LogP contribution in [0.1, 0.15) is 36.2 Å². The number of carbonyl (C=O) groups is 1. The number of ether oxygens (including phenoxy) is 1. The van der Waals surface area contributed by atoms with Crippen LogP contribution in [-0.2, 0) is 16.6 Å². The molecule has 2 atom stereocenters. The predicted molar refractivity (Wildman–Crippen MR) is 115 cm³/mol. The Balaban J connectivity index is 1.90. The lowest BCUT2D eigenvalue weighted by Crippen LogP contribution is -2.42. The van der Waals surface area contributed by atoms with Crippen LogP contribution in [0.3, 0.4) is 0 Å². The van der Waals surface area contributed by atoms with Crippen molar-refractivity contribution in [1.29, 1.82) is 0 Å². The summed E-state index contributed by atoms with van der Waals surface area (Å²) in [5.74, 6) is 0.553. The van der Waals surface area contributed by atoms with E-state index in [4.69, 9.17) is 4.74 Å². The minimum Gasteiger partial charge on any atom is -0.495 e. The fourth-order valence-corrected chi connectivity index (χ4v) is 5.87. The molecule has 1 aliphatic heterocycles. The molecule has 1 aromatic heterocycles. The SMILES string of the molecule is COc1ccc(C(=O)N(C)Cc2ccncc2)cc1S(=O)(=O)N1CC(C)CC(C)C1. The van der Waals surface area contributed by atoms with E-state index in [9.17, 15) is 13.2 Å². The van der Waals surface area contributed by atoms with Crippen molar-refractivity contribution in [3.05, 3.63) is 53.9 Å². The Morgan fingerprint density at radius 2 is 1.80 bits per heavy atom. The van der Waals surface area contributed by atoms with Crippen molar-refractivity contribution in [3.63, 3.8) is 0 Å². The number of benzene rings is 1. The van der Waals surface area contributed by atoms with E-state index in [0.29, 0.717) is 25.2 Å². The van der Waals surface area contributed by atoms with Gasteiger partial charge in [-0.1, -0.05) is 13.8 Å². The number of hydrogen-bond donors (Lipinski definition) is 0. The number of methoxy groups -OCH3 is 1. The molecule has 0 N–H and O–H groups in total. The fraction of sp³-hybridized carbons (Fsp3) is 0.455. The number of amides is 1. The molecular formula is C22H29N3O4S. The summed E-state index contributed by atoms with van der Waals surface area (Å²) in [6.45, 7) is 5.45. The predicted octanol–water partition coefficient (Wildman–Crippen LogP) is 3.03. The van der Waals surface area contributed by atoms with Crippen molar-refractivity contribution in [1.82, 2.24) is 14.2 Å². The van der Waals surface area contributed by atoms with E-state index >= 15 is 0 Å². The van der Waals surface area contributed by atoms with Gasteiger partial charge in [0.05, 0.1) is 7.11 Å². The number of sulfonamides is 1. The third-order valence-corrected chi connectivity index (χ3v) is 7.23. The quantitative estimate of drug-likeness (QED) is 0.702. The Hall–Kier alpha value is -2.45. The molecule has 8 heteroatoms. The van der Waals surface area contributed by atoms with Crippen molar-refractivity contribution in [2.75, 3.05) is 27.2 Å². The number of hydrogen-bond acceptors (Lipinski definition) is 5. The normalized spacial score (nSPS) is 20.0. The van der Waals surface area contributed by atoms with Crippen LogP contribution in [0, 0.1) is 11.8 Å². The van der Waals surface area contributed by atoms with Crippen molar-refractivity contribution >= 4 is 15.9 Å². The van der Waals surface area contributed by atoms with Crippen LogP contribution >= 0.6 is 0 Å². The van der Waals surface area contributed by atoms with E-state index < -0.39 is 10.0 Å². The topological polar surface area (TPSA) is 79.8 Å². The Bertz CT molecular complexity index is 985. The first kappa shape index (κ1) is 22.2. The maximum Gasteiger partial charge on any atom is 0.253 e. The minimum absolute atomic E-state index is 0.0365. The molecule has 0 radical (unpaired) electrons. The van der Waals surface area contributed by atoms with Gasteiger partial charge in [-0.05, 0) is 54.2 Å². The highest BCUT2D eigenvalue weighted by Gasteiger charge is 2.34. The molecule has 2 heterocycles. The van der Waals surface area contributed by atoms with Crippen LogP contribution < -0.4 is 4.74 Å². The monoisotopic (exact) mass is 431 g/mol. The highest BCUT2D eigenvalue weighted by atomic mass is 32.2. The lowest BCUT2D eigenvalue weighted by atomic mass is 9.94. The van der Waals surface area contributed by atoms with Gasteiger partial charge in [0.2, 0.25) is 10.0 Å². The van der Waals surface area contributed by atoms with Gasteiger partial charge in [0.25, 0.3) is 5.91 Å². The fourth-order valence-electron chi connectivity index (χ4n) is 4.01. The Morgan fingerprint density at radius 3 is 2.40 bits per heavy atom. The molecule has 0 aliphatic carbocycles. The number of rotatable bonds is 6. The van der Waals surface area contributed by atoms with E-state index in [1.54, 1.807) is 36.5 Å². The van der Waals surface area contributed by atoms with Gasteiger partial charge in [0.15, 0.2) is 0 Å². The van der Waals surface area contributed by atoms with Gasteiger partial charge in [0.1, 0.15) is 10.6 Å². The largest absolute Gasteiger partial charge is 0.495 e. The second-order valence-electron chi connectivity index (χ2n) is 8.15. The second-order valence-corrected chi connectivity index (χ2v) is 10.1. The molecule has 1 amide bonds. The van der Waals surface area contributed by atoms with Gasteiger partial charge in [-0.15, -0.1) is 0 Å².